The molecule has 1 aliphatic rings. The summed E-state index contributed by atoms with van der Waals surface area (Å²) < 4.78 is 10.2. The van der Waals surface area contributed by atoms with Gasteiger partial charge in [-0.15, -0.1) is 0 Å². The van der Waals surface area contributed by atoms with Crippen molar-refractivity contribution in [2.24, 2.45) is 5.92 Å². The fourth-order valence-electron chi connectivity index (χ4n) is 2.51. The smallest absolute Gasteiger partial charge is 0.410 e. The molecule has 5 heteroatoms. The highest BCUT2D eigenvalue weighted by atomic mass is 16.6. The monoisotopic (exact) mass is 271 g/mol. The number of methoxy groups -OCH3 is 1. The maximum atomic E-state index is 12.1. The van der Waals surface area contributed by atoms with Gasteiger partial charge in [0.2, 0.25) is 0 Å². The molecule has 19 heavy (non-hydrogen) atoms. The van der Waals surface area contributed by atoms with Crippen molar-refractivity contribution in [2.75, 3.05) is 14.2 Å². The van der Waals surface area contributed by atoms with Crippen molar-refractivity contribution in [3.05, 3.63) is 0 Å². The van der Waals surface area contributed by atoms with Gasteiger partial charge in [-0.05, 0) is 39.5 Å². The van der Waals surface area contributed by atoms with Crippen LogP contribution in [0.25, 0.3) is 0 Å². The van der Waals surface area contributed by atoms with Gasteiger partial charge < -0.3 is 9.47 Å². The van der Waals surface area contributed by atoms with Crippen LogP contribution in [0.3, 0.4) is 0 Å². The third-order valence-electron chi connectivity index (χ3n) is 3.39. The molecule has 0 aromatic heterocycles. The standard InChI is InChI=1S/C14H25NO4/c1-14(2,3)19-13(17)15(4)11(12(16)18-5)10-8-6-7-9-10/h10-11H,6-9H2,1-5H3/t11-/m0/s1. The van der Waals surface area contributed by atoms with Crippen molar-refractivity contribution in [1.82, 2.24) is 4.90 Å². The zero-order valence-electron chi connectivity index (χ0n) is 12.6. The van der Waals surface area contributed by atoms with Crippen LogP contribution in [0, 0.1) is 5.92 Å². The first-order chi connectivity index (χ1) is 8.76. The minimum absolute atomic E-state index is 0.171. The number of carbonyl (C=O) groups excluding carboxylic acids is 2. The van der Waals surface area contributed by atoms with Crippen LogP contribution in [-0.4, -0.2) is 42.8 Å². The van der Waals surface area contributed by atoms with Crippen LogP contribution in [0.4, 0.5) is 4.79 Å². The second-order valence-corrected chi connectivity index (χ2v) is 6.10. The molecule has 0 unspecified atom stereocenters. The number of hydrogen-bond donors (Lipinski definition) is 0. The molecule has 1 rings (SSSR count). The Morgan fingerprint density at radius 1 is 1.21 bits per heavy atom. The van der Waals surface area contributed by atoms with E-state index in [1.807, 2.05) is 20.8 Å². The average Bonchev–Trinajstić information content (AvgIpc) is 2.80. The highest BCUT2D eigenvalue weighted by molar-refractivity contribution is 5.81. The number of likely N-dealkylation sites (N-methyl/N-ethyl adjacent to an activating group) is 1. The minimum Gasteiger partial charge on any atom is -0.467 e. The number of carbonyl (C=O) groups is 2. The third kappa shape index (κ3) is 4.40. The van der Waals surface area contributed by atoms with E-state index in [9.17, 15) is 9.59 Å². The van der Waals surface area contributed by atoms with Gasteiger partial charge in [-0.25, -0.2) is 9.59 Å². The Morgan fingerprint density at radius 2 is 1.74 bits per heavy atom. The maximum absolute atomic E-state index is 12.1. The summed E-state index contributed by atoms with van der Waals surface area (Å²) in [5.41, 5.74) is -0.568. The minimum atomic E-state index is -0.568. The molecule has 0 aliphatic heterocycles. The first kappa shape index (κ1) is 15.8. The molecular weight excluding hydrogens is 246 g/mol. The van der Waals surface area contributed by atoms with E-state index in [2.05, 4.69) is 0 Å². The highest BCUT2D eigenvalue weighted by Gasteiger charge is 2.38. The summed E-state index contributed by atoms with van der Waals surface area (Å²) in [4.78, 5) is 25.4. The van der Waals surface area contributed by atoms with Crippen molar-refractivity contribution in [3.8, 4) is 0 Å². The molecule has 1 amide bonds. The van der Waals surface area contributed by atoms with Crippen LogP contribution in [0.2, 0.25) is 0 Å². The maximum Gasteiger partial charge on any atom is 0.410 e. The van der Waals surface area contributed by atoms with Gasteiger partial charge in [-0.2, -0.15) is 0 Å². The molecule has 0 radical (unpaired) electrons. The Morgan fingerprint density at radius 3 is 2.16 bits per heavy atom. The second-order valence-electron chi connectivity index (χ2n) is 6.10. The van der Waals surface area contributed by atoms with Crippen molar-refractivity contribution in [1.29, 1.82) is 0 Å². The van der Waals surface area contributed by atoms with E-state index in [1.54, 1.807) is 7.05 Å². The molecule has 0 saturated heterocycles. The second kappa shape index (κ2) is 6.26. The molecule has 0 spiro atoms. The van der Waals surface area contributed by atoms with Crippen LogP contribution >= 0.6 is 0 Å². The fourth-order valence-corrected chi connectivity index (χ4v) is 2.51. The zero-order valence-corrected chi connectivity index (χ0v) is 12.6. The molecule has 1 fully saturated rings. The summed E-state index contributed by atoms with van der Waals surface area (Å²) in [5.74, 6) is -0.190. The van der Waals surface area contributed by atoms with Crippen molar-refractivity contribution < 1.29 is 19.1 Å². The predicted molar refractivity (Wildman–Crippen MR) is 71.8 cm³/mol. The summed E-state index contributed by atoms with van der Waals surface area (Å²) >= 11 is 0. The summed E-state index contributed by atoms with van der Waals surface area (Å²) in [6.07, 6.45) is 3.62. The Labute approximate surface area is 115 Å². The molecule has 1 atom stereocenters. The molecule has 0 aromatic carbocycles. The number of ether oxygens (including phenoxy) is 2. The average molecular weight is 271 g/mol. The number of amides is 1. The van der Waals surface area contributed by atoms with Crippen LogP contribution in [0.5, 0.6) is 0 Å². The highest BCUT2D eigenvalue weighted by Crippen LogP contribution is 2.31. The number of hydrogen-bond acceptors (Lipinski definition) is 4. The SMILES string of the molecule is COC(=O)[C@H](C1CCCC1)N(C)C(=O)OC(C)(C)C. The first-order valence-electron chi connectivity index (χ1n) is 6.80. The Hall–Kier alpha value is -1.26. The largest absolute Gasteiger partial charge is 0.467 e. The van der Waals surface area contributed by atoms with Crippen molar-refractivity contribution in [2.45, 2.75) is 58.1 Å². The van der Waals surface area contributed by atoms with Crippen LogP contribution in [0.1, 0.15) is 46.5 Å². The van der Waals surface area contributed by atoms with E-state index in [0.29, 0.717) is 0 Å². The van der Waals surface area contributed by atoms with E-state index in [1.165, 1.54) is 12.0 Å². The number of rotatable bonds is 3. The van der Waals surface area contributed by atoms with Gasteiger partial charge in [0.15, 0.2) is 0 Å². The molecule has 1 saturated carbocycles. The number of nitrogens with zero attached hydrogens (tertiary/aromatic N) is 1. The molecule has 0 bridgehead atoms. The predicted octanol–water partition coefficient (Wildman–Crippen LogP) is 2.59. The molecule has 0 aromatic rings. The van der Waals surface area contributed by atoms with E-state index in [0.717, 1.165) is 25.7 Å². The van der Waals surface area contributed by atoms with Gasteiger partial charge in [0, 0.05) is 7.05 Å². The molecule has 5 nitrogen and oxygen atoms in total. The quantitative estimate of drug-likeness (QED) is 0.740. The Bertz CT molecular complexity index is 329. The van der Waals surface area contributed by atoms with Crippen LogP contribution in [-0.2, 0) is 14.3 Å². The molecule has 110 valence electrons. The summed E-state index contributed by atoms with van der Waals surface area (Å²) in [6, 6.07) is -0.539. The zero-order chi connectivity index (χ0) is 14.6. The lowest BCUT2D eigenvalue weighted by Crippen LogP contribution is -2.48. The fraction of sp³-hybridized carbons (Fsp3) is 0.857. The third-order valence-corrected chi connectivity index (χ3v) is 3.39. The summed E-state index contributed by atoms with van der Waals surface area (Å²) in [5, 5.41) is 0. The number of esters is 1. The van der Waals surface area contributed by atoms with E-state index < -0.39 is 17.7 Å². The normalized spacial score (nSPS) is 17.9. The lowest BCUT2D eigenvalue weighted by molar-refractivity contribution is -0.148. The van der Waals surface area contributed by atoms with E-state index in [4.69, 9.17) is 9.47 Å². The molecule has 0 heterocycles. The van der Waals surface area contributed by atoms with Gasteiger partial charge in [-0.1, -0.05) is 12.8 Å². The lowest BCUT2D eigenvalue weighted by Gasteiger charge is -2.32. The molecule has 1 aliphatic carbocycles. The van der Waals surface area contributed by atoms with Crippen LogP contribution in [0.15, 0.2) is 0 Å². The van der Waals surface area contributed by atoms with Crippen molar-refractivity contribution >= 4 is 12.1 Å². The summed E-state index contributed by atoms with van der Waals surface area (Å²) in [6.45, 7) is 5.42. The summed E-state index contributed by atoms with van der Waals surface area (Å²) in [7, 11) is 2.96. The first-order valence-corrected chi connectivity index (χ1v) is 6.80. The molecular formula is C14H25NO4. The van der Waals surface area contributed by atoms with E-state index >= 15 is 0 Å². The van der Waals surface area contributed by atoms with Gasteiger partial charge >= 0.3 is 12.1 Å². The van der Waals surface area contributed by atoms with Gasteiger partial charge in [0.25, 0.3) is 0 Å². The Kier molecular flexibility index (Phi) is 5.20. The molecule has 0 N–H and O–H groups in total. The van der Waals surface area contributed by atoms with Gasteiger partial charge in [0.05, 0.1) is 7.11 Å². The lowest BCUT2D eigenvalue weighted by atomic mass is 9.97. The van der Waals surface area contributed by atoms with Crippen molar-refractivity contribution in [3.63, 3.8) is 0 Å². The van der Waals surface area contributed by atoms with Gasteiger partial charge in [0.1, 0.15) is 11.6 Å². The Balaban J connectivity index is 2.79. The van der Waals surface area contributed by atoms with Crippen LogP contribution < -0.4 is 0 Å². The van der Waals surface area contributed by atoms with E-state index in [-0.39, 0.29) is 11.9 Å². The topological polar surface area (TPSA) is 55.8 Å². The van der Waals surface area contributed by atoms with Gasteiger partial charge in [-0.3, -0.25) is 4.90 Å².